The van der Waals surface area contributed by atoms with Gasteiger partial charge in [-0.2, -0.15) is 0 Å². The van der Waals surface area contributed by atoms with Crippen molar-refractivity contribution in [3.05, 3.63) is 28.8 Å². The van der Waals surface area contributed by atoms with Crippen molar-refractivity contribution in [3.63, 3.8) is 0 Å². The van der Waals surface area contributed by atoms with E-state index in [9.17, 15) is 0 Å². The van der Waals surface area contributed by atoms with E-state index in [-0.39, 0.29) is 4.05 Å². The molecule has 0 amide bonds. The van der Waals surface area contributed by atoms with Crippen molar-refractivity contribution in [2.75, 3.05) is 5.73 Å². The van der Waals surface area contributed by atoms with E-state index in [2.05, 4.69) is 22.6 Å². The van der Waals surface area contributed by atoms with Crippen LogP contribution in [-0.2, 0) is 0 Å². The SMILES string of the molecule is Nc1ccc(C(N)I)c(Cl)c1. The zero-order valence-electron chi connectivity index (χ0n) is 5.72. The molecule has 0 heterocycles. The van der Waals surface area contributed by atoms with Crippen LogP contribution >= 0.6 is 34.2 Å². The first-order valence-corrected chi connectivity index (χ1v) is 4.68. The molecule has 2 nitrogen and oxygen atoms in total. The predicted molar refractivity (Wildman–Crippen MR) is 56.8 cm³/mol. The summed E-state index contributed by atoms with van der Waals surface area (Å²) < 4.78 is -0.0688. The molecular formula is C7H8ClIN2. The number of anilines is 1. The largest absolute Gasteiger partial charge is 0.399 e. The molecule has 0 aliphatic carbocycles. The first-order chi connectivity index (χ1) is 5.11. The maximum atomic E-state index is 5.86. The van der Waals surface area contributed by atoms with Gasteiger partial charge in [0.2, 0.25) is 0 Å². The fourth-order valence-corrected chi connectivity index (χ4v) is 1.80. The van der Waals surface area contributed by atoms with Gasteiger partial charge in [-0.25, -0.2) is 0 Å². The highest BCUT2D eigenvalue weighted by Crippen LogP contribution is 2.26. The summed E-state index contributed by atoms with van der Waals surface area (Å²) in [4.78, 5) is 0. The molecule has 0 aliphatic heterocycles. The molecule has 4 heteroatoms. The van der Waals surface area contributed by atoms with Crippen LogP contribution in [0.3, 0.4) is 0 Å². The fraction of sp³-hybridized carbons (Fsp3) is 0.143. The van der Waals surface area contributed by atoms with Gasteiger partial charge in [0.25, 0.3) is 0 Å². The van der Waals surface area contributed by atoms with E-state index in [1.807, 2.05) is 6.07 Å². The minimum atomic E-state index is -0.0688. The lowest BCUT2D eigenvalue weighted by Crippen LogP contribution is -2.02. The van der Waals surface area contributed by atoms with E-state index in [0.29, 0.717) is 10.7 Å². The van der Waals surface area contributed by atoms with Crippen molar-refractivity contribution in [1.29, 1.82) is 0 Å². The highest BCUT2D eigenvalue weighted by Gasteiger charge is 2.05. The second-order valence-corrected chi connectivity index (χ2v) is 3.93. The minimum Gasteiger partial charge on any atom is -0.399 e. The molecule has 11 heavy (non-hydrogen) atoms. The first kappa shape index (κ1) is 9.09. The number of rotatable bonds is 1. The van der Waals surface area contributed by atoms with Crippen molar-refractivity contribution < 1.29 is 0 Å². The van der Waals surface area contributed by atoms with E-state index in [4.69, 9.17) is 23.1 Å². The summed E-state index contributed by atoms with van der Waals surface area (Å²) in [7, 11) is 0. The highest BCUT2D eigenvalue weighted by atomic mass is 127. The maximum absolute atomic E-state index is 5.86. The van der Waals surface area contributed by atoms with Gasteiger partial charge in [0.1, 0.15) is 0 Å². The molecular weight excluding hydrogens is 274 g/mol. The van der Waals surface area contributed by atoms with Gasteiger partial charge in [0.05, 0.1) is 4.05 Å². The number of nitrogen functional groups attached to an aromatic ring is 1. The number of hydrogen-bond acceptors (Lipinski definition) is 2. The van der Waals surface area contributed by atoms with Crippen LogP contribution < -0.4 is 11.5 Å². The zero-order valence-corrected chi connectivity index (χ0v) is 8.63. The van der Waals surface area contributed by atoms with Crippen molar-refractivity contribution in [3.8, 4) is 0 Å². The van der Waals surface area contributed by atoms with Gasteiger partial charge in [0, 0.05) is 10.7 Å². The summed E-state index contributed by atoms with van der Waals surface area (Å²) in [6, 6.07) is 5.34. The molecule has 0 aliphatic rings. The third-order valence-electron chi connectivity index (χ3n) is 1.32. The van der Waals surface area contributed by atoms with Crippen molar-refractivity contribution >= 4 is 39.9 Å². The molecule has 0 radical (unpaired) electrons. The second-order valence-electron chi connectivity index (χ2n) is 2.18. The Labute approximate surface area is 84.0 Å². The molecule has 1 atom stereocenters. The average molecular weight is 283 g/mol. The van der Waals surface area contributed by atoms with Crippen LogP contribution in [0.4, 0.5) is 5.69 Å². The van der Waals surface area contributed by atoms with E-state index < -0.39 is 0 Å². The molecule has 60 valence electrons. The van der Waals surface area contributed by atoms with Gasteiger partial charge in [-0.15, -0.1) is 0 Å². The van der Waals surface area contributed by atoms with Crippen molar-refractivity contribution in [1.82, 2.24) is 0 Å². The summed E-state index contributed by atoms with van der Waals surface area (Å²) in [6.45, 7) is 0. The normalized spacial score (nSPS) is 13.0. The van der Waals surface area contributed by atoms with Gasteiger partial charge >= 0.3 is 0 Å². The van der Waals surface area contributed by atoms with Crippen molar-refractivity contribution in [2.24, 2.45) is 5.73 Å². The van der Waals surface area contributed by atoms with Crippen molar-refractivity contribution in [2.45, 2.75) is 4.05 Å². The Hall–Kier alpha value is -0.000000000000000167. The topological polar surface area (TPSA) is 52.0 Å². The lowest BCUT2D eigenvalue weighted by Gasteiger charge is -2.06. The smallest absolute Gasteiger partial charge is 0.0838 e. The quantitative estimate of drug-likeness (QED) is 0.359. The molecule has 4 N–H and O–H groups in total. The number of benzene rings is 1. The standard InChI is InChI=1S/C7H8ClIN2/c8-6-3-4(10)1-2-5(6)7(9)11/h1-3,7H,10-11H2. The Morgan fingerprint density at radius 2 is 2.09 bits per heavy atom. The Balaban J connectivity index is 3.09. The summed E-state index contributed by atoms with van der Waals surface area (Å²) in [5.41, 5.74) is 12.7. The lowest BCUT2D eigenvalue weighted by molar-refractivity contribution is 1.08. The van der Waals surface area contributed by atoms with Gasteiger partial charge in [-0.3, -0.25) is 0 Å². The number of nitrogens with two attached hydrogens (primary N) is 2. The number of halogens is 2. The fourth-order valence-electron chi connectivity index (χ4n) is 0.767. The summed E-state index contributed by atoms with van der Waals surface area (Å²) in [5.74, 6) is 0. The van der Waals surface area contributed by atoms with Gasteiger partial charge in [-0.1, -0.05) is 40.3 Å². The first-order valence-electron chi connectivity index (χ1n) is 3.06. The van der Waals surface area contributed by atoms with Crippen LogP contribution in [0, 0.1) is 0 Å². The molecule has 0 saturated heterocycles. The maximum Gasteiger partial charge on any atom is 0.0838 e. The summed E-state index contributed by atoms with van der Waals surface area (Å²) in [5, 5.41) is 0.631. The van der Waals surface area contributed by atoms with Crippen LogP contribution in [-0.4, -0.2) is 0 Å². The van der Waals surface area contributed by atoms with E-state index in [1.165, 1.54) is 0 Å². The second kappa shape index (κ2) is 3.60. The highest BCUT2D eigenvalue weighted by molar-refractivity contribution is 14.1. The van der Waals surface area contributed by atoms with E-state index in [1.54, 1.807) is 12.1 Å². The molecule has 0 aromatic heterocycles. The molecule has 0 bridgehead atoms. The Morgan fingerprint density at radius 1 is 1.45 bits per heavy atom. The summed E-state index contributed by atoms with van der Waals surface area (Å²) >= 11 is 7.96. The molecule has 0 fully saturated rings. The molecule has 1 aromatic carbocycles. The molecule has 1 aromatic rings. The molecule has 1 rings (SSSR count). The Kier molecular flexibility index (Phi) is 2.98. The predicted octanol–water partition coefficient (Wildman–Crippen LogP) is 2.31. The Bertz CT molecular complexity index is 263. The van der Waals surface area contributed by atoms with E-state index in [0.717, 1.165) is 5.56 Å². The molecule has 0 spiro atoms. The van der Waals surface area contributed by atoms with Crippen LogP contribution in [0.1, 0.15) is 9.61 Å². The minimum absolute atomic E-state index is 0.0688. The average Bonchev–Trinajstić information content (AvgIpc) is 1.85. The monoisotopic (exact) mass is 282 g/mol. The van der Waals surface area contributed by atoms with E-state index >= 15 is 0 Å². The summed E-state index contributed by atoms with van der Waals surface area (Å²) in [6.07, 6.45) is 0. The van der Waals surface area contributed by atoms with Crippen LogP contribution in [0.5, 0.6) is 0 Å². The van der Waals surface area contributed by atoms with Crippen LogP contribution in [0.25, 0.3) is 0 Å². The van der Waals surface area contributed by atoms with Gasteiger partial charge in [-0.05, 0) is 17.7 Å². The third kappa shape index (κ3) is 2.21. The lowest BCUT2D eigenvalue weighted by atomic mass is 10.2. The molecule has 1 unspecified atom stereocenters. The molecule has 0 saturated carbocycles. The number of alkyl halides is 1. The van der Waals surface area contributed by atoms with Crippen LogP contribution in [0.2, 0.25) is 5.02 Å². The Morgan fingerprint density at radius 3 is 2.55 bits per heavy atom. The van der Waals surface area contributed by atoms with Crippen LogP contribution in [0.15, 0.2) is 18.2 Å². The zero-order chi connectivity index (χ0) is 8.43. The van der Waals surface area contributed by atoms with Gasteiger partial charge in [0.15, 0.2) is 0 Å². The van der Waals surface area contributed by atoms with Gasteiger partial charge < -0.3 is 11.5 Å². The number of hydrogen-bond donors (Lipinski definition) is 2. The third-order valence-corrected chi connectivity index (χ3v) is 2.32.